The molecule has 1 aromatic carbocycles. The molecule has 0 unspecified atom stereocenters. The van der Waals surface area contributed by atoms with Crippen LogP contribution in [-0.4, -0.2) is 50.7 Å². The molecule has 3 heterocycles. The number of hydrogen-bond acceptors (Lipinski definition) is 6. The summed E-state index contributed by atoms with van der Waals surface area (Å²) in [5.74, 6) is 0.461. The third kappa shape index (κ3) is 6.58. The van der Waals surface area contributed by atoms with Crippen LogP contribution in [0.15, 0.2) is 45.7 Å². The molecule has 0 saturated carbocycles. The summed E-state index contributed by atoms with van der Waals surface area (Å²) in [7, 11) is 0. The van der Waals surface area contributed by atoms with Crippen molar-refractivity contribution in [1.29, 1.82) is 0 Å². The van der Waals surface area contributed by atoms with Crippen molar-refractivity contribution in [3.63, 3.8) is 0 Å². The van der Waals surface area contributed by atoms with E-state index in [9.17, 15) is 9.59 Å². The normalized spacial score (nSPS) is 14.7. The van der Waals surface area contributed by atoms with Crippen molar-refractivity contribution < 1.29 is 9.32 Å². The summed E-state index contributed by atoms with van der Waals surface area (Å²) in [6, 6.07) is 10.7. The fraction of sp³-hybridized carbons (Fsp3) is 0.462. The van der Waals surface area contributed by atoms with Crippen molar-refractivity contribution in [3.8, 4) is 22.6 Å². The van der Waals surface area contributed by atoms with E-state index < -0.39 is 5.54 Å². The lowest BCUT2D eigenvalue weighted by molar-refractivity contribution is -0.123. The number of aromatic nitrogens is 3. The van der Waals surface area contributed by atoms with Crippen LogP contribution in [0.3, 0.4) is 0 Å². The zero-order valence-corrected chi connectivity index (χ0v) is 21.3. The zero-order valence-electron chi connectivity index (χ0n) is 20.5. The number of hydrogen-bond donors (Lipinski definition) is 1. The minimum atomic E-state index is -0.425. The van der Waals surface area contributed by atoms with Gasteiger partial charge in [-0.1, -0.05) is 35.3 Å². The van der Waals surface area contributed by atoms with Crippen molar-refractivity contribution in [2.45, 2.75) is 58.5 Å². The first kappa shape index (κ1) is 25.1. The third-order valence-electron chi connectivity index (χ3n) is 5.91. The van der Waals surface area contributed by atoms with Gasteiger partial charge >= 0.3 is 0 Å². The second-order valence-electron chi connectivity index (χ2n) is 10.00. The molecule has 1 aliphatic rings. The Labute approximate surface area is 210 Å². The second-order valence-corrected chi connectivity index (χ2v) is 10.4. The van der Waals surface area contributed by atoms with Gasteiger partial charge in [0.15, 0.2) is 0 Å². The number of nitrogens with zero attached hydrogens (tertiary/aromatic N) is 4. The maximum atomic E-state index is 13.6. The summed E-state index contributed by atoms with van der Waals surface area (Å²) in [4.78, 5) is 33.2. The fourth-order valence-corrected chi connectivity index (χ4v) is 4.50. The largest absolute Gasteiger partial charge is 0.350 e. The minimum absolute atomic E-state index is 0.147. The van der Waals surface area contributed by atoms with Crippen LogP contribution in [0.1, 0.15) is 45.9 Å². The van der Waals surface area contributed by atoms with E-state index in [1.807, 2.05) is 32.9 Å². The van der Waals surface area contributed by atoms with Gasteiger partial charge in [0.1, 0.15) is 6.54 Å². The Morgan fingerprint density at radius 2 is 1.91 bits per heavy atom. The highest BCUT2D eigenvalue weighted by Gasteiger charge is 2.21. The van der Waals surface area contributed by atoms with Crippen molar-refractivity contribution in [1.82, 2.24) is 24.9 Å². The van der Waals surface area contributed by atoms with Crippen LogP contribution in [0, 0.1) is 0 Å². The van der Waals surface area contributed by atoms with Gasteiger partial charge in [0.25, 0.3) is 5.56 Å². The number of piperidine rings is 1. The summed E-state index contributed by atoms with van der Waals surface area (Å²) >= 11 is 6.19. The van der Waals surface area contributed by atoms with Gasteiger partial charge in [0, 0.05) is 23.5 Å². The highest BCUT2D eigenvalue weighted by atomic mass is 35.5. The van der Waals surface area contributed by atoms with Crippen molar-refractivity contribution in [2.75, 3.05) is 19.6 Å². The lowest BCUT2D eigenvalue weighted by Gasteiger charge is -2.25. The molecule has 1 aliphatic heterocycles. The van der Waals surface area contributed by atoms with E-state index >= 15 is 0 Å². The van der Waals surface area contributed by atoms with Crippen molar-refractivity contribution in [3.05, 3.63) is 57.7 Å². The van der Waals surface area contributed by atoms with E-state index in [-0.39, 0.29) is 29.4 Å². The van der Waals surface area contributed by atoms with Crippen molar-refractivity contribution >= 4 is 17.5 Å². The second kappa shape index (κ2) is 10.7. The molecule has 1 N–H and O–H groups in total. The predicted molar refractivity (Wildman–Crippen MR) is 136 cm³/mol. The molecule has 35 heavy (non-hydrogen) atoms. The molecule has 8 nitrogen and oxygen atoms in total. The van der Waals surface area contributed by atoms with E-state index in [0.717, 1.165) is 25.2 Å². The maximum absolute atomic E-state index is 13.6. The lowest BCUT2D eigenvalue weighted by Crippen LogP contribution is -2.43. The molecule has 0 spiro atoms. The number of benzene rings is 1. The average Bonchev–Trinajstić information content (AvgIpc) is 3.27. The summed E-state index contributed by atoms with van der Waals surface area (Å²) in [5, 5.41) is 7.53. The van der Waals surface area contributed by atoms with E-state index in [1.54, 1.807) is 24.3 Å². The summed E-state index contributed by atoms with van der Waals surface area (Å²) in [6.07, 6.45) is 4.36. The number of carbonyl (C=O) groups excluding carboxylic acids is 1. The number of carbonyl (C=O) groups is 1. The standard InChI is InChI=1S/C26H32ClN5O3/c1-26(2,3)29-22(33)17-32-21(18-8-7-9-19(27)16-18)11-10-20(25(32)34)24-28-23(35-30-24)12-15-31-13-5-4-6-14-31/h7-11,16H,4-6,12-15,17H2,1-3H3,(H,29,33). The number of rotatable bonds is 7. The van der Waals surface area contributed by atoms with Crippen LogP contribution in [0.5, 0.6) is 0 Å². The molecule has 9 heteroatoms. The van der Waals surface area contributed by atoms with Crippen LogP contribution in [0.4, 0.5) is 0 Å². The first-order valence-electron chi connectivity index (χ1n) is 12.1. The molecule has 186 valence electrons. The molecule has 0 bridgehead atoms. The Hall–Kier alpha value is -2.97. The van der Waals surface area contributed by atoms with Gasteiger partial charge in [-0.05, 0) is 76.5 Å². The first-order chi connectivity index (χ1) is 16.7. The number of pyridine rings is 1. The average molecular weight is 498 g/mol. The predicted octanol–water partition coefficient (Wildman–Crippen LogP) is 4.16. The summed E-state index contributed by atoms with van der Waals surface area (Å²) in [5.41, 5.74) is 0.812. The van der Waals surface area contributed by atoms with Crippen LogP contribution in [-0.2, 0) is 17.8 Å². The van der Waals surface area contributed by atoms with Gasteiger partial charge < -0.3 is 14.7 Å². The fourth-order valence-electron chi connectivity index (χ4n) is 4.31. The SMILES string of the molecule is CC(C)(C)NC(=O)Cn1c(-c2cccc(Cl)c2)ccc(-c2noc(CCN3CCCCC3)n2)c1=O. The smallest absolute Gasteiger partial charge is 0.262 e. The molecule has 1 amide bonds. The topological polar surface area (TPSA) is 93.3 Å². The maximum Gasteiger partial charge on any atom is 0.262 e. The highest BCUT2D eigenvalue weighted by Crippen LogP contribution is 2.24. The minimum Gasteiger partial charge on any atom is -0.350 e. The van der Waals surface area contributed by atoms with Gasteiger partial charge in [-0.15, -0.1) is 0 Å². The highest BCUT2D eigenvalue weighted by molar-refractivity contribution is 6.30. The zero-order chi connectivity index (χ0) is 25.0. The quantitative estimate of drug-likeness (QED) is 0.526. The molecule has 3 aromatic rings. The Kier molecular flexibility index (Phi) is 7.72. The van der Waals surface area contributed by atoms with Crippen LogP contribution in [0.25, 0.3) is 22.6 Å². The van der Waals surface area contributed by atoms with E-state index in [1.165, 1.54) is 23.8 Å². The Morgan fingerprint density at radius 1 is 1.14 bits per heavy atom. The molecule has 0 radical (unpaired) electrons. The van der Waals surface area contributed by atoms with E-state index in [4.69, 9.17) is 16.1 Å². The van der Waals surface area contributed by atoms with Crippen molar-refractivity contribution in [2.24, 2.45) is 0 Å². The third-order valence-corrected chi connectivity index (χ3v) is 6.15. The number of amides is 1. The van der Waals surface area contributed by atoms with Gasteiger partial charge in [-0.3, -0.25) is 14.2 Å². The monoisotopic (exact) mass is 497 g/mol. The molecule has 0 aliphatic carbocycles. The first-order valence-corrected chi connectivity index (χ1v) is 12.4. The van der Waals surface area contributed by atoms with Gasteiger partial charge in [0.05, 0.1) is 11.3 Å². The number of halogens is 1. The molecule has 4 rings (SSSR count). The van der Waals surface area contributed by atoms with Gasteiger partial charge in [0.2, 0.25) is 17.6 Å². The Balaban J connectivity index is 1.64. The van der Waals surface area contributed by atoms with Crippen LogP contribution >= 0.6 is 11.6 Å². The molecule has 0 atom stereocenters. The summed E-state index contributed by atoms with van der Waals surface area (Å²) < 4.78 is 6.89. The Morgan fingerprint density at radius 3 is 2.63 bits per heavy atom. The Bertz CT molecular complexity index is 1240. The number of nitrogens with one attached hydrogen (secondary N) is 1. The van der Waals surface area contributed by atoms with E-state index in [0.29, 0.717) is 23.0 Å². The van der Waals surface area contributed by atoms with Crippen LogP contribution in [0.2, 0.25) is 5.02 Å². The van der Waals surface area contributed by atoms with Gasteiger partial charge in [-0.25, -0.2) is 0 Å². The molecule has 2 aromatic heterocycles. The summed E-state index contributed by atoms with van der Waals surface area (Å²) in [6.45, 7) is 8.57. The molecule has 1 fully saturated rings. The number of likely N-dealkylation sites (tertiary alicyclic amines) is 1. The molecule has 1 saturated heterocycles. The molecular formula is C26H32ClN5O3. The molecular weight excluding hydrogens is 466 g/mol. The van der Waals surface area contributed by atoms with Crippen LogP contribution < -0.4 is 10.9 Å². The lowest BCUT2D eigenvalue weighted by atomic mass is 10.1. The van der Waals surface area contributed by atoms with Gasteiger partial charge in [-0.2, -0.15) is 4.98 Å². The van der Waals surface area contributed by atoms with E-state index in [2.05, 4.69) is 20.4 Å².